The second-order valence-electron chi connectivity index (χ2n) is 8.87. The molecule has 0 spiro atoms. The van der Waals surface area contributed by atoms with E-state index in [0.29, 0.717) is 37.6 Å². The number of nitrogens with one attached hydrogen (secondary N) is 3. The normalized spacial score (nSPS) is 11.9. The van der Waals surface area contributed by atoms with Gasteiger partial charge in [-0.2, -0.15) is 0 Å². The molecule has 1 atom stereocenters. The minimum atomic E-state index is -0.566. The Morgan fingerprint density at radius 1 is 0.786 bits per heavy atom. The topological polar surface area (TPSA) is 87.3 Å². The Balaban J connectivity index is 1.45. The summed E-state index contributed by atoms with van der Waals surface area (Å²) in [7, 11) is 0. The van der Waals surface area contributed by atoms with E-state index in [1.165, 1.54) is 17.8 Å². The van der Waals surface area contributed by atoms with Gasteiger partial charge in [0.05, 0.1) is 26.0 Å². The molecular weight excluding hydrogens is 636 g/mol. The number of carbonyl (C=O) groups excluding carboxylic acids is 3. The standard InChI is InChI=1S/C31H23Cl4N3O3S/c1-18(29(39)37-26-15-10-21(32)17-25(26)34)42-23-13-11-22(12-14-23)36-31(41)27(16-20-8-5-9-24(33)28(20)35)38-30(40)19-6-3-2-4-7-19/h2-18H,1H3,(H,36,41)(H,37,39)(H,38,40)/b27-16-. The number of hydrogen-bond donors (Lipinski definition) is 3. The molecule has 42 heavy (non-hydrogen) atoms. The number of amides is 3. The molecule has 0 aliphatic rings. The Hall–Kier alpha value is -3.46. The lowest BCUT2D eigenvalue weighted by molar-refractivity contribution is -0.115. The summed E-state index contributed by atoms with van der Waals surface area (Å²) in [5.74, 6) is -1.26. The van der Waals surface area contributed by atoms with Crippen molar-refractivity contribution in [3.8, 4) is 0 Å². The van der Waals surface area contributed by atoms with Crippen LogP contribution in [0.1, 0.15) is 22.8 Å². The van der Waals surface area contributed by atoms with Gasteiger partial charge in [-0.15, -0.1) is 11.8 Å². The largest absolute Gasteiger partial charge is 0.324 e. The summed E-state index contributed by atoms with van der Waals surface area (Å²) < 4.78 is 0. The van der Waals surface area contributed by atoms with Crippen molar-refractivity contribution in [1.29, 1.82) is 0 Å². The molecule has 0 aliphatic carbocycles. The number of rotatable bonds is 9. The van der Waals surface area contributed by atoms with Gasteiger partial charge >= 0.3 is 0 Å². The fourth-order valence-electron chi connectivity index (χ4n) is 3.63. The minimum absolute atomic E-state index is 0.0300. The Kier molecular flexibility index (Phi) is 11.0. The summed E-state index contributed by atoms with van der Waals surface area (Å²) in [6.07, 6.45) is 1.46. The third-order valence-corrected chi connectivity index (χ3v) is 8.29. The number of anilines is 2. The molecule has 11 heteroatoms. The lowest BCUT2D eigenvalue weighted by Crippen LogP contribution is -2.30. The van der Waals surface area contributed by atoms with Gasteiger partial charge in [0.2, 0.25) is 5.91 Å². The highest BCUT2D eigenvalue weighted by molar-refractivity contribution is 8.00. The van der Waals surface area contributed by atoms with Crippen LogP contribution in [0.15, 0.2) is 102 Å². The molecule has 3 N–H and O–H groups in total. The highest BCUT2D eigenvalue weighted by Crippen LogP contribution is 2.30. The third kappa shape index (κ3) is 8.53. The summed E-state index contributed by atoms with van der Waals surface area (Å²) >= 11 is 25.9. The van der Waals surface area contributed by atoms with E-state index >= 15 is 0 Å². The molecule has 0 bridgehead atoms. The van der Waals surface area contributed by atoms with Crippen LogP contribution in [0.4, 0.5) is 11.4 Å². The molecule has 0 radical (unpaired) electrons. The molecule has 4 aromatic carbocycles. The summed E-state index contributed by atoms with van der Waals surface area (Å²) in [6, 6.07) is 25.3. The van der Waals surface area contributed by atoms with Crippen molar-refractivity contribution in [3.05, 3.63) is 128 Å². The number of carbonyl (C=O) groups is 3. The van der Waals surface area contributed by atoms with Gasteiger partial charge in [-0.05, 0) is 79.2 Å². The molecule has 1 unspecified atom stereocenters. The third-order valence-electron chi connectivity index (χ3n) is 5.79. The maximum absolute atomic E-state index is 13.3. The van der Waals surface area contributed by atoms with Gasteiger partial charge in [0.15, 0.2) is 0 Å². The number of benzene rings is 4. The second-order valence-corrected chi connectivity index (χ2v) is 11.9. The van der Waals surface area contributed by atoms with Gasteiger partial charge in [0.1, 0.15) is 5.70 Å². The first-order valence-electron chi connectivity index (χ1n) is 12.5. The van der Waals surface area contributed by atoms with E-state index in [1.54, 1.807) is 97.9 Å². The maximum atomic E-state index is 13.3. The molecule has 4 aromatic rings. The van der Waals surface area contributed by atoms with Crippen molar-refractivity contribution >= 4 is 93.3 Å². The highest BCUT2D eigenvalue weighted by Gasteiger charge is 2.18. The predicted molar refractivity (Wildman–Crippen MR) is 174 cm³/mol. The van der Waals surface area contributed by atoms with E-state index in [9.17, 15) is 14.4 Å². The SMILES string of the molecule is CC(Sc1ccc(NC(=O)/C(=C/c2cccc(Cl)c2Cl)NC(=O)c2ccccc2)cc1)C(=O)Nc1ccc(Cl)cc1Cl. The Morgan fingerprint density at radius 2 is 1.50 bits per heavy atom. The minimum Gasteiger partial charge on any atom is -0.324 e. The molecular formula is C31H23Cl4N3O3S. The molecule has 214 valence electrons. The molecule has 6 nitrogen and oxygen atoms in total. The molecule has 0 heterocycles. The van der Waals surface area contributed by atoms with Crippen molar-refractivity contribution < 1.29 is 14.4 Å². The zero-order chi connectivity index (χ0) is 30.2. The van der Waals surface area contributed by atoms with Crippen LogP contribution in [0.2, 0.25) is 20.1 Å². The summed E-state index contributed by atoms with van der Waals surface area (Å²) in [5, 5.41) is 9.19. The molecule has 0 saturated carbocycles. The fourth-order valence-corrected chi connectivity index (χ4v) is 5.31. The van der Waals surface area contributed by atoms with E-state index in [-0.39, 0.29) is 16.6 Å². The van der Waals surface area contributed by atoms with Gasteiger partial charge in [-0.25, -0.2) is 0 Å². The van der Waals surface area contributed by atoms with Crippen molar-refractivity contribution in [1.82, 2.24) is 5.32 Å². The molecule has 0 aromatic heterocycles. The zero-order valence-corrected chi connectivity index (χ0v) is 25.8. The predicted octanol–water partition coefficient (Wildman–Crippen LogP) is 8.83. The average Bonchev–Trinajstić information content (AvgIpc) is 2.97. The van der Waals surface area contributed by atoms with E-state index in [1.807, 2.05) is 0 Å². The van der Waals surface area contributed by atoms with Crippen LogP contribution in [0.3, 0.4) is 0 Å². The van der Waals surface area contributed by atoms with Crippen LogP contribution in [0.5, 0.6) is 0 Å². The number of hydrogen-bond acceptors (Lipinski definition) is 4. The van der Waals surface area contributed by atoms with Crippen molar-refractivity contribution in [2.45, 2.75) is 17.1 Å². The first-order chi connectivity index (χ1) is 20.1. The first-order valence-corrected chi connectivity index (χ1v) is 14.9. The van der Waals surface area contributed by atoms with Gasteiger partial charge < -0.3 is 16.0 Å². The van der Waals surface area contributed by atoms with Crippen LogP contribution in [-0.2, 0) is 9.59 Å². The van der Waals surface area contributed by atoms with Gasteiger partial charge in [0.25, 0.3) is 11.8 Å². The second kappa shape index (κ2) is 14.6. The quantitative estimate of drug-likeness (QED) is 0.124. The van der Waals surface area contributed by atoms with E-state index < -0.39 is 17.1 Å². The van der Waals surface area contributed by atoms with Crippen LogP contribution < -0.4 is 16.0 Å². The van der Waals surface area contributed by atoms with Crippen LogP contribution >= 0.6 is 58.2 Å². The van der Waals surface area contributed by atoms with Crippen molar-refractivity contribution in [2.75, 3.05) is 10.6 Å². The number of halogens is 4. The van der Waals surface area contributed by atoms with Crippen molar-refractivity contribution in [3.63, 3.8) is 0 Å². The smallest absolute Gasteiger partial charge is 0.272 e. The summed E-state index contributed by atoms with van der Waals surface area (Å²) in [5.41, 5.74) is 1.76. The van der Waals surface area contributed by atoms with E-state index in [0.717, 1.165) is 4.90 Å². The monoisotopic (exact) mass is 657 g/mol. The summed E-state index contributed by atoms with van der Waals surface area (Å²) in [6.45, 7) is 1.77. The molecule has 0 saturated heterocycles. The molecule has 0 fully saturated rings. The molecule has 4 rings (SSSR count). The number of thioether (sulfide) groups is 1. The Labute approximate surface area is 267 Å². The van der Waals surface area contributed by atoms with E-state index in [4.69, 9.17) is 46.4 Å². The van der Waals surface area contributed by atoms with Crippen LogP contribution in [-0.4, -0.2) is 23.0 Å². The van der Waals surface area contributed by atoms with Gasteiger partial charge in [0, 0.05) is 21.2 Å². The average molecular weight is 659 g/mol. The Morgan fingerprint density at radius 3 is 2.19 bits per heavy atom. The molecule has 3 amide bonds. The Bertz CT molecular complexity index is 1650. The lowest BCUT2D eigenvalue weighted by Gasteiger charge is -2.14. The van der Waals surface area contributed by atoms with Crippen LogP contribution in [0, 0.1) is 0 Å². The maximum Gasteiger partial charge on any atom is 0.272 e. The van der Waals surface area contributed by atoms with Crippen molar-refractivity contribution in [2.24, 2.45) is 0 Å². The first kappa shape index (κ1) is 31.5. The molecule has 0 aliphatic heterocycles. The fraction of sp³-hybridized carbons (Fsp3) is 0.0645. The zero-order valence-electron chi connectivity index (χ0n) is 22.0. The van der Waals surface area contributed by atoms with E-state index in [2.05, 4.69) is 16.0 Å². The van der Waals surface area contributed by atoms with Crippen LogP contribution in [0.25, 0.3) is 6.08 Å². The lowest BCUT2D eigenvalue weighted by atomic mass is 10.1. The highest BCUT2D eigenvalue weighted by atomic mass is 35.5. The van der Waals surface area contributed by atoms with Gasteiger partial charge in [-0.1, -0.05) is 76.7 Å². The van der Waals surface area contributed by atoms with Gasteiger partial charge in [-0.3, -0.25) is 14.4 Å². The summed E-state index contributed by atoms with van der Waals surface area (Å²) in [4.78, 5) is 39.7.